The molecule has 0 saturated heterocycles. The number of nitrogens with one attached hydrogen (secondary N) is 1. The number of hydrogen-bond acceptors (Lipinski definition) is 3. The lowest BCUT2D eigenvalue weighted by Gasteiger charge is -1.98. The summed E-state index contributed by atoms with van der Waals surface area (Å²) in [6, 6.07) is 0. The average molecular weight is 220 g/mol. The number of carbonyl (C=O) groups excluding carboxylic acids is 2. The third-order valence-corrected chi connectivity index (χ3v) is 1.40. The van der Waals surface area contributed by atoms with Crippen LogP contribution in [0.25, 0.3) is 0 Å². The van der Waals surface area contributed by atoms with Crippen LogP contribution >= 0.6 is 11.6 Å². The Morgan fingerprint density at radius 1 is 1.43 bits per heavy atom. The van der Waals surface area contributed by atoms with E-state index in [-0.39, 0.29) is 5.91 Å². The number of esters is 1. The molecule has 0 fully saturated rings. The molecule has 0 atom stereocenters. The number of amides is 1. The first-order valence-electron chi connectivity index (χ1n) is 4.39. The molecule has 0 spiro atoms. The molecule has 5 heteroatoms. The summed E-state index contributed by atoms with van der Waals surface area (Å²) in [5.74, 6) is -0.508. The first kappa shape index (κ1) is 13.0. The van der Waals surface area contributed by atoms with Gasteiger partial charge in [0, 0.05) is 24.6 Å². The summed E-state index contributed by atoms with van der Waals surface area (Å²) in [5, 5.41) is 2.48. The topological polar surface area (TPSA) is 55.4 Å². The Morgan fingerprint density at radius 3 is 2.71 bits per heavy atom. The van der Waals surface area contributed by atoms with Crippen molar-refractivity contribution in [2.45, 2.75) is 13.3 Å². The fourth-order valence-corrected chi connectivity index (χ4v) is 0.718. The van der Waals surface area contributed by atoms with Crippen LogP contribution in [0.1, 0.15) is 13.3 Å². The van der Waals surface area contributed by atoms with Gasteiger partial charge in [-0.2, -0.15) is 0 Å². The SMILES string of the molecule is CCCOC(=O)C=CC(=O)NCCCl. The molecule has 4 nitrogen and oxygen atoms in total. The van der Waals surface area contributed by atoms with Gasteiger partial charge in [0.05, 0.1) is 6.61 Å². The molecule has 0 aliphatic rings. The summed E-state index contributed by atoms with van der Waals surface area (Å²) in [4.78, 5) is 21.8. The number of hydrogen-bond donors (Lipinski definition) is 1. The van der Waals surface area contributed by atoms with Gasteiger partial charge in [0.1, 0.15) is 0 Å². The molecule has 0 aliphatic carbocycles. The minimum Gasteiger partial charge on any atom is -0.463 e. The van der Waals surface area contributed by atoms with Crippen LogP contribution in [0.5, 0.6) is 0 Å². The molecule has 80 valence electrons. The van der Waals surface area contributed by atoms with Crippen molar-refractivity contribution in [3.63, 3.8) is 0 Å². The van der Waals surface area contributed by atoms with Crippen molar-refractivity contribution < 1.29 is 14.3 Å². The van der Waals surface area contributed by atoms with E-state index in [1.807, 2.05) is 6.92 Å². The van der Waals surface area contributed by atoms with Crippen molar-refractivity contribution in [1.29, 1.82) is 0 Å². The van der Waals surface area contributed by atoms with Crippen molar-refractivity contribution >= 4 is 23.5 Å². The van der Waals surface area contributed by atoms with Crippen LogP contribution in [0, 0.1) is 0 Å². The van der Waals surface area contributed by atoms with Gasteiger partial charge in [-0.05, 0) is 6.42 Å². The molecule has 1 N–H and O–H groups in total. The second-order valence-corrected chi connectivity index (χ2v) is 2.86. The Bertz CT molecular complexity index is 194. The summed E-state index contributed by atoms with van der Waals surface area (Å²) in [6.45, 7) is 2.64. The lowest BCUT2D eigenvalue weighted by Crippen LogP contribution is -2.23. The summed E-state index contributed by atoms with van der Waals surface area (Å²) < 4.78 is 4.71. The molecule has 1 amide bonds. The average Bonchev–Trinajstić information content (AvgIpc) is 2.20. The van der Waals surface area contributed by atoms with Crippen LogP contribution in [0.15, 0.2) is 12.2 Å². The zero-order valence-corrected chi connectivity index (χ0v) is 8.84. The van der Waals surface area contributed by atoms with Crippen molar-refractivity contribution in [3.8, 4) is 0 Å². The predicted molar refractivity (Wildman–Crippen MR) is 54.1 cm³/mol. The highest BCUT2D eigenvalue weighted by Crippen LogP contribution is 1.85. The Labute approximate surface area is 88.3 Å². The molecule has 0 radical (unpaired) electrons. The third-order valence-electron chi connectivity index (χ3n) is 1.21. The number of alkyl halides is 1. The molecule has 0 heterocycles. The second-order valence-electron chi connectivity index (χ2n) is 2.48. The van der Waals surface area contributed by atoms with E-state index in [1.165, 1.54) is 0 Å². The van der Waals surface area contributed by atoms with E-state index in [0.29, 0.717) is 19.0 Å². The number of rotatable bonds is 6. The van der Waals surface area contributed by atoms with Gasteiger partial charge in [-0.1, -0.05) is 6.92 Å². The van der Waals surface area contributed by atoms with Crippen molar-refractivity contribution in [1.82, 2.24) is 5.32 Å². The zero-order chi connectivity index (χ0) is 10.8. The Hall–Kier alpha value is -1.03. The molecule has 0 saturated carbocycles. The van der Waals surface area contributed by atoms with Crippen LogP contribution in [0.2, 0.25) is 0 Å². The molecule has 0 bridgehead atoms. The van der Waals surface area contributed by atoms with E-state index in [0.717, 1.165) is 18.6 Å². The van der Waals surface area contributed by atoms with Crippen molar-refractivity contribution in [2.75, 3.05) is 19.0 Å². The molecule has 0 aliphatic heterocycles. The van der Waals surface area contributed by atoms with Gasteiger partial charge in [0.2, 0.25) is 5.91 Å². The number of carbonyl (C=O) groups is 2. The van der Waals surface area contributed by atoms with Gasteiger partial charge < -0.3 is 10.1 Å². The smallest absolute Gasteiger partial charge is 0.330 e. The van der Waals surface area contributed by atoms with Crippen molar-refractivity contribution in [3.05, 3.63) is 12.2 Å². The Kier molecular flexibility index (Phi) is 7.93. The first-order valence-corrected chi connectivity index (χ1v) is 4.92. The number of ether oxygens (including phenoxy) is 1. The molecule has 0 aromatic rings. The Balaban J connectivity index is 3.68. The third kappa shape index (κ3) is 7.61. The summed E-state index contributed by atoms with van der Waals surface area (Å²) >= 11 is 5.35. The van der Waals surface area contributed by atoms with Gasteiger partial charge in [-0.3, -0.25) is 4.79 Å². The van der Waals surface area contributed by atoms with Crippen LogP contribution in [0.3, 0.4) is 0 Å². The lowest BCUT2D eigenvalue weighted by atomic mass is 10.4. The summed E-state index contributed by atoms with van der Waals surface area (Å²) in [7, 11) is 0. The Morgan fingerprint density at radius 2 is 2.14 bits per heavy atom. The standard InChI is InChI=1S/C9H14ClNO3/c1-2-7-14-9(13)4-3-8(12)11-6-5-10/h3-4H,2,5-7H2,1H3,(H,11,12). The summed E-state index contributed by atoms with van der Waals surface area (Å²) in [6.07, 6.45) is 2.99. The van der Waals surface area contributed by atoms with Crippen LogP contribution in [-0.2, 0) is 14.3 Å². The molecule has 0 rings (SSSR count). The largest absolute Gasteiger partial charge is 0.463 e. The van der Waals surface area contributed by atoms with E-state index in [2.05, 4.69) is 5.32 Å². The monoisotopic (exact) mass is 219 g/mol. The fourth-order valence-electron chi connectivity index (χ4n) is 0.624. The molecular weight excluding hydrogens is 206 g/mol. The van der Waals surface area contributed by atoms with E-state index < -0.39 is 5.97 Å². The molecule has 0 unspecified atom stereocenters. The fraction of sp³-hybridized carbons (Fsp3) is 0.556. The highest BCUT2D eigenvalue weighted by atomic mass is 35.5. The maximum absolute atomic E-state index is 10.9. The predicted octanol–water partition coefficient (Wildman–Crippen LogP) is 0.851. The summed E-state index contributed by atoms with van der Waals surface area (Å²) in [5.41, 5.74) is 0. The number of halogens is 1. The normalized spacial score (nSPS) is 10.1. The van der Waals surface area contributed by atoms with Crippen LogP contribution < -0.4 is 5.32 Å². The first-order chi connectivity index (χ1) is 6.70. The van der Waals surface area contributed by atoms with E-state index >= 15 is 0 Å². The molecule has 0 aromatic carbocycles. The highest BCUT2D eigenvalue weighted by Gasteiger charge is 1.97. The van der Waals surface area contributed by atoms with Gasteiger partial charge in [0.15, 0.2) is 0 Å². The van der Waals surface area contributed by atoms with E-state index in [1.54, 1.807) is 0 Å². The van der Waals surface area contributed by atoms with Crippen LogP contribution in [0.4, 0.5) is 0 Å². The lowest BCUT2D eigenvalue weighted by molar-refractivity contribution is -0.138. The van der Waals surface area contributed by atoms with Gasteiger partial charge in [-0.25, -0.2) is 4.79 Å². The molecule has 14 heavy (non-hydrogen) atoms. The maximum atomic E-state index is 10.9. The van der Waals surface area contributed by atoms with Crippen molar-refractivity contribution in [2.24, 2.45) is 0 Å². The molecule has 0 aromatic heterocycles. The maximum Gasteiger partial charge on any atom is 0.330 e. The zero-order valence-electron chi connectivity index (χ0n) is 8.09. The van der Waals surface area contributed by atoms with E-state index in [9.17, 15) is 9.59 Å². The second kappa shape index (κ2) is 8.56. The van der Waals surface area contributed by atoms with Crippen LogP contribution in [-0.4, -0.2) is 30.9 Å². The van der Waals surface area contributed by atoms with Gasteiger partial charge in [-0.15, -0.1) is 11.6 Å². The minimum atomic E-state index is -0.507. The quantitative estimate of drug-likeness (QED) is 0.409. The van der Waals surface area contributed by atoms with Gasteiger partial charge >= 0.3 is 5.97 Å². The van der Waals surface area contributed by atoms with E-state index in [4.69, 9.17) is 16.3 Å². The minimum absolute atomic E-state index is 0.347. The molecular formula is C9H14ClNO3. The van der Waals surface area contributed by atoms with Gasteiger partial charge in [0.25, 0.3) is 0 Å². The highest BCUT2D eigenvalue weighted by molar-refractivity contribution is 6.18.